The second-order valence-electron chi connectivity index (χ2n) is 9.74. The lowest BCUT2D eigenvalue weighted by atomic mass is 10.1. The minimum absolute atomic E-state index is 0.198. The Hall–Kier alpha value is -4.33. The zero-order chi connectivity index (χ0) is 29.7. The number of aliphatic hydroxyl groups is 2. The van der Waals surface area contributed by atoms with Crippen molar-refractivity contribution in [2.24, 2.45) is 0 Å². The highest BCUT2D eigenvalue weighted by atomic mass is 16.5. The molecule has 1 fully saturated rings. The molecule has 13 heteroatoms. The molecule has 2 aromatic heterocycles. The van der Waals surface area contributed by atoms with Crippen LogP contribution in [0.2, 0.25) is 0 Å². The van der Waals surface area contributed by atoms with Gasteiger partial charge < -0.3 is 39.9 Å². The van der Waals surface area contributed by atoms with Crippen LogP contribution in [-0.2, 0) is 33.7 Å². The third-order valence-electron chi connectivity index (χ3n) is 7.01. The Bertz CT molecular complexity index is 1460. The molecule has 2 aliphatic rings. The summed E-state index contributed by atoms with van der Waals surface area (Å²) in [6, 6.07) is 10.6. The number of aliphatic hydroxyl groups excluding tert-OH is 2. The number of aryl methyl sites for hydroxylation is 1. The zero-order valence-corrected chi connectivity index (χ0v) is 22.4. The number of benzene rings is 1. The maximum absolute atomic E-state index is 13.3. The summed E-state index contributed by atoms with van der Waals surface area (Å²) < 4.78 is 7.21. The highest BCUT2D eigenvalue weighted by molar-refractivity contribution is 5.97. The molecule has 1 aromatic carbocycles. The van der Waals surface area contributed by atoms with Crippen LogP contribution in [0.1, 0.15) is 28.4 Å². The predicted octanol–water partition coefficient (Wildman–Crippen LogP) is 0.346. The normalized spacial score (nSPS) is 16.3. The first-order chi connectivity index (χ1) is 19.6. The van der Waals surface area contributed by atoms with Crippen molar-refractivity contribution in [1.82, 2.24) is 14.5 Å². The zero-order valence-electron chi connectivity index (χ0n) is 22.4. The van der Waals surface area contributed by atoms with Crippen LogP contribution in [-0.4, -0.2) is 97.3 Å². The Morgan fingerprint density at radius 1 is 1.05 bits per heavy atom. The Morgan fingerprint density at radius 3 is 2.17 bits per heavy atom. The van der Waals surface area contributed by atoms with E-state index in [0.29, 0.717) is 43.9 Å². The van der Waals surface area contributed by atoms with Crippen LogP contribution in [0.5, 0.6) is 0 Å². The fraction of sp³-hybridized carbons (Fsp3) is 0.393. The van der Waals surface area contributed by atoms with Crippen molar-refractivity contribution in [3.8, 4) is 0 Å². The SMILES string of the molecule is CCn1cc(C(=O)N2CCOCC2)c(=O)c2cc(NC3Cc4ccccc4C3)cnc21.O=C(O)C(O)C(O)C(=O)O. The van der Waals surface area contributed by atoms with Crippen molar-refractivity contribution in [3.05, 3.63) is 69.6 Å². The number of amides is 1. The van der Waals surface area contributed by atoms with E-state index in [1.165, 1.54) is 11.1 Å². The van der Waals surface area contributed by atoms with Gasteiger partial charge in [-0.05, 0) is 37.0 Å². The van der Waals surface area contributed by atoms with E-state index in [-0.39, 0.29) is 22.9 Å². The van der Waals surface area contributed by atoms with Crippen molar-refractivity contribution in [2.45, 2.75) is 44.6 Å². The number of anilines is 1. The molecule has 5 N–H and O–H groups in total. The molecule has 2 atom stereocenters. The first-order valence-electron chi connectivity index (χ1n) is 13.2. The van der Waals surface area contributed by atoms with Crippen LogP contribution < -0.4 is 10.7 Å². The number of hydrogen-bond donors (Lipinski definition) is 5. The topological polar surface area (TPSA) is 192 Å². The molecule has 0 spiro atoms. The molecule has 41 heavy (non-hydrogen) atoms. The number of pyridine rings is 2. The molecule has 2 unspecified atom stereocenters. The van der Waals surface area contributed by atoms with Crippen LogP contribution in [0.4, 0.5) is 5.69 Å². The van der Waals surface area contributed by atoms with Crippen molar-refractivity contribution in [1.29, 1.82) is 0 Å². The maximum Gasteiger partial charge on any atom is 0.335 e. The lowest BCUT2D eigenvalue weighted by Crippen LogP contribution is -2.42. The third kappa shape index (κ3) is 6.70. The van der Waals surface area contributed by atoms with Gasteiger partial charge in [-0.1, -0.05) is 24.3 Å². The number of rotatable bonds is 7. The van der Waals surface area contributed by atoms with Gasteiger partial charge in [0.1, 0.15) is 11.2 Å². The second-order valence-corrected chi connectivity index (χ2v) is 9.74. The van der Waals surface area contributed by atoms with E-state index in [0.717, 1.165) is 18.5 Å². The second kappa shape index (κ2) is 12.9. The number of morpholine rings is 1. The third-order valence-corrected chi connectivity index (χ3v) is 7.01. The average molecular weight is 569 g/mol. The van der Waals surface area contributed by atoms with Crippen LogP contribution >= 0.6 is 0 Å². The first kappa shape index (κ1) is 29.6. The van der Waals surface area contributed by atoms with Crippen molar-refractivity contribution in [2.75, 3.05) is 31.6 Å². The van der Waals surface area contributed by atoms with E-state index >= 15 is 0 Å². The molecule has 3 aromatic rings. The van der Waals surface area contributed by atoms with Gasteiger partial charge in [-0.15, -0.1) is 0 Å². The molecule has 1 aliphatic carbocycles. The molecule has 3 heterocycles. The monoisotopic (exact) mass is 568 g/mol. The molecule has 1 aliphatic heterocycles. The molecule has 0 bridgehead atoms. The summed E-state index contributed by atoms with van der Waals surface area (Å²) in [7, 11) is 0. The van der Waals surface area contributed by atoms with E-state index < -0.39 is 24.1 Å². The minimum Gasteiger partial charge on any atom is -0.479 e. The number of nitrogens with zero attached hydrogens (tertiary/aromatic N) is 3. The highest BCUT2D eigenvalue weighted by Crippen LogP contribution is 2.25. The number of carboxylic acid groups (broad SMARTS) is 2. The Morgan fingerprint density at radius 2 is 1.63 bits per heavy atom. The summed E-state index contributed by atoms with van der Waals surface area (Å²) in [5.74, 6) is -3.77. The van der Waals surface area contributed by atoms with Gasteiger partial charge in [0, 0.05) is 31.9 Å². The van der Waals surface area contributed by atoms with E-state index in [9.17, 15) is 19.2 Å². The summed E-state index contributed by atoms with van der Waals surface area (Å²) in [6.45, 7) is 4.62. The minimum atomic E-state index is -2.27. The number of carboxylic acids is 2. The number of fused-ring (bicyclic) bond motifs is 2. The van der Waals surface area contributed by atoms with Crippen LogP contribution in [0.3, 0.4) is 0 Å². The Labute approximate surface area is 234 Å². The molecular formula is C28H32N4O9. The van der Waals surface area contributed by atoms with Gasteiger partial charge in [0.25, 0.3) is 5.91 Å². The maximum atomic E-state index is 13.3. The van der Waals surface area contributed by atoms with Crippen LogP contribution in [0.25, 0.3) is 11.0 Å². The number of aliphatic carboxylic acids is 2. The lowest BCUT2D eigenvalue weighted by molar-refractivity contribution is -0.165. The quantitative estimate of drug-likeness (QED) is 0.264. The van der Waals surface area contributed by atoms with E-state index in [4.69, 9.17) is 25.2 Å². The van der Waals surface area contributed by atoms with E-state index in [1.807, 2.05) is 17.6 Å². The highest BCUT2D eigenvalue weighted by Gasteiger charge is 2.29. The van der Waals surface area contributed by atoms with Gasteiger partial charge in [0.05, 0.1) is 30.5 Å². The molecular weight excluding hydrogens is 536 g/mol. The largest absolute Gasteiger partial charge is 0.479 e. The van der Waals surface area contributed by atoms with E-state index in [1.54, 1.807) is 17.3 Å². The Kier molecular flexibility index (Phi) is 9.32. The number of nitrogens with one attached hydrogen (secondary N) is 1. The predicted molar refractivity (Wildman–Crippen MR) is 147 cm³/mol. The van der Waals surface area contributed by atoms with Gasteiger partial charge in [-0.2, -0.15) is 0 Å². The summed E-state index contributed by atoms with van der Waals surface area (Å²) in [6.07, 6.45) is 0.789. The number of aromatic nitrogens is 2. The standard InChI is InChI=1S/C24H26N4O3.C4H6O6/c1-2-27-15-21(24(30)28-7-9-31-10-8-28)22(29)20-13-19(14-25-23(20)27)26-18-11-16-5-3-4-6-17(16)12-18;5-1(3(7)8)2(6)4(9)10/h3-6,13-15,18,26H,2,7-12H2,1H3;1-2,5-6H,(H,7,8)(H,9,10). The Balaban J connectivity index is 0.000000334. The van der Waals surface area contributed by atoms with Gasteiger partial charge in [0.2, 0.25) is 5.43 Å². The van der Waals surface area contributed by atoms with Gasteiger partial charge in [-0.3, -0.25) is 9.59 Å². The molecule has 5 rings (SSSR count). The molecule has 1 saturated heterocycles. The molecule has 1 amide bonds. The summed E-state index contributed by atoms with van der Waals surface area (Å²) in [5, 5.41) is 36.5. The van der Waals surface area contributed by atoms with Gasteiger partial charge >= 0.3 is 11.9 Å². The first-order valence-corrected chi connectivity index (χ1v) is 13.2. The van der Waals surface area contributed by atoms with Crippen LogP contribution in [0, 0.1) is 0 Å². The molecule has 0 radical (unpaired) electrons. The summed E-state index contributed by atoms with van der Waals surface area (Å²) >= 11 is 0. The van der Waals surface area contributed by atoms with Gasteiger partial charge in [0.15, 0.2) is 12.2 Å². The fourth-order valence-electron chi connectivity index (χ4n) is 4.85. The molecule has 0 saturated carbocycles. The number of carbonyl (C=O) groups excluding carboxylic acids is 1. The van der Waals surface area contributed by atoms with Gasteiger partial charge in [-0.25, -0.2) is 14.6 Å². The lowest BCUT2D eigenvalue weighted by Gasteiger charge is -2.27. The fourth-order valence-corrected chi connectivity index (χ4v) is 4.85. The molecule has 218 valence electrons. The van der Waals surface area contributed by atoms with Crippen molar-refractivity contribution in [3.63, 3.8) is 0 Å². The number of ether oxygens (including phenoxy) is 1. The molecule has 13 nitrogen and oxygen atoms in total. The van der Waals surface area contributed by atoms with Crippen molar-refractivity contribution < 1.29 is 39.5 Å². The summed E-state index contributed by atoms with van der Waals surface area (Å²) in [5.41, 5.74) is 4.07. The number of hydrogen-bond acceptors (Lipinski definition) is 9. The smallest absolute Gasteiger partial charge is 0.335 e. The summed E-state index contributed by atoms with van der Waals surface area (Å²) in [4.78, 5) is 52.1. The van der Waals surface area contributed by atoms with Crippen LogP contribution in [0.15, 0.2) is 47.5 Å². The van der Waals surface area contributed by atoms with Crippen molar-refractivity contribution >= 4 is 34.6 Å². The number of carbonyl (C=O) groups is 3. The average Bonchev–Trinajstić information content (AvgIpc) is 3.39. The van der Waals surface area contributed by atoms with E-state index in [2.05, 4.69) is 34.6 Å².